The highest BCUT2D eigenvalue weighted by Crippen LogP contribution is 2.28. The topological polar surface area (TPSA) is 65.5 Å². The number of pyridine rings is 1. The minimum atomic E-state index is -4.56. The molecule has 2 rings (SSSR count). The highest BCUT2D eigenvalue weighted by molar-refractivity contribution is 5.98. The minimum Gasteiger partial charge on any atom is -0.357 e. The van der Waals surface area contributed by atoms with Gasteiger partial charge >= 0.3 is 6.18 Å². The third-order valence-electron chi connectivity index (χ3n) is 4.00. The smallest absolute Gasteiger partial charge is 0.357 e. The lowest BCUT2D eigenvalue weighted by molar-refractivity contribution is -0.141. The maximum Gasteiger partial charge on any atom is 0.433 e. The predicted octanol–water partition coefficient (Wildman–Crippen LogP) is 0.911. The van der Waals surface area contributed by atoms with Gasteiger partial charge in [0.15, 0.2) is 0 Å². The van der Waals surface area contributed by atoms with Gasteiger partial charge in [0.25, 0.3) is 5.91 Å². The van der Waals surface area contributed by atoms with Gasteiger partial charge in [0.2, 0.25) is 5.91 Å². The monoisotopic (exact) mass is 344 g/mol. The Labute approximate surface area is 137 Å². The Morgan fingerprint density at radius 3 is 2.50 bits per heavy atom. The molecule has 2 heterocycles. The molecule has 0 saturated carbocycles. The molecule has 0 radical (unpaired) electrons. The standard InChI is InChI=1S/C15H19F3N4O2/c1-9-10(4-5-12(20-9)15(16,17)18)14(24)22-7-6-21(3)8-11(22)13(23)19-2/h4-5,11H,6-8H2,1-3H3,(H,19,23). The van der Waals surface area contributed by atoms with Crippen LogP contribution in [0.5, 0.6) is 0 Å². The molecule has 1 aliphatic rings. The van der Waals surface area contributed by atoms with E-state index >= 15 is 0 Å². The fourth-order valence-corrected chi connectivity index (χ4v) is 2.65. The second kappa shape index (κ2) is 6.76. The molecule has 0 aromatic carbocycles. The van der Waals surface area contributed by atoms with Crippen LogP contribution in [-0.4, -0.2) is 66.4 Å². The number of piperazine rings is 1. The van der Waals surface area contributed by atoms with Crippen LogP contribution in [0.4, 0.5) is 13.2 Å². The summed E-state index contributed by atoms with van der Waals surface area (Å²) in [7, 11) is 3.31. The van der Waals surface area contributed by atoms with Crippen LogP contribution in [0.3, 0.4) is 0 Å². The summed E-state index contributed by atoms with van der Waals surface area (Å²) in [5, 5.41) is 2.51. The Balaban J connectivity index is 2.31. The molecule has 2 amide bonds. The Morgan fingerprint density at radius 1 is 1.29 bits per heavy atom. The summed E-state index contributed by atoms with van der Waals surface area (Å²) in [6, 6.07) is 1.21. The lowest BCUT2D eigenvalue weighted by Gasteiger charge is -2.39. The molecule has 24 heavy (non-hydrogen) atoms. The van der Waals surface area contributed by atoms with E-state index in [1.165, 1.54) is 18.9 Å². The normalized spacial score (nSPS) is 19.2. The zero-order valence-electron chi connectivity index (χ0n) is 13.6. The lowest BCUT2D eigenvalue weighted by atomic mass is 10.1. The molecule has 1 unspecified atom stereocenters. The van der Waals surface area contributed by atoms with Gasteiger partial charge < -0.3 is 15.1 Å². The first-order chi connectivity index (χ1) is 11.1. The van der Waals surface area contributed by atoms with Crippen LogP contribution in [-0.2, 0) is 11.0 Å². The molecule has 132 valence electrons. The summed E-state index contributed by atoms with van der Waals surface area (Å²) in [6.07, 6.45) is -4.56. The third kappa shape index (κ3) is 3.66. The number of aromatic nitrogens is 1. The van der Waals surface area contributed by atoms with E-state index in [1.54, 1.807) is 0 Å². The molecule has 1 saturated heterocycles. The number of nitrogens with one attached hydrogen (secondary N) is 1. The van der Waals surface area contributed by atoms with E-state index < -0.39 is 23.8 Å². The molecule has 1 N–H and O–H groups in total. The largest absolute Gasteiger partial charge is 0.433 e. The van der Waals surface area contributed by atoms with Crippen molar-refractivity contribution < 1.29 is 22.8 Å². The van der Waals surface area contributed by atoms with Gasteiger partial charge in [0.05, 0.1) is 11.3 Å². The van der Waals surface area contributed by atoms with Gasteiger partial charge in [-0.15, -0.1) is 0 Å². The van der Waals surface area contributed by atoms with Crippen molar-refractivity contribution in [2.75, 3.05) is 33.7 Å². The van der Waals surface area contributed by atoms with Crippen LogP contribution >= 0.6 is 0 Å². The first-order valence-electron chi connectivity index (χ1n) is 7.41. The van der Waals surface area contributed by atoms with Crippen molar-refractivity contribution in [1.29, 1.82) is 0 Å². The van der Waals surface area contributed by atoms with Crippen molar-refractivity contribution in [3.8, 4) is 0 Å². The van der Waals surface area contributed by atoms with Crippen molar-refractivity contribution in [3.05, 3.63) is 29.1 Å². The van der Waals surface area contributed by atoms with Crippen LogP contribution in [0.15, 0.2) is 12.1 Å². The number of rotatable bonds is 2. The SMILES string of the molecule is CNC(=O)C1CN(C)CCN1C(=O)c1ccc(C(F)(F)F)nc1C. The zero-order valence-corrected chi connectivity index (χ0v) is 13.6. The average Bonchev–Trinajstić information content (AvgIpc) is 2.52. The first-order valence-corrected chi connectivity index (χ1v) is 7.41. The summed E-state index contributed by atoms with van der Waals surface area (Å²) in [5.41, 5.74) is -0.983. The van der Waals surface area contributed by atoms with Crippen molar-refractivity contribution >= 4 is 11.8 Å². The number of alkyl halides is 3. The summed E-state index contributed by atoms with van der Waals surface area (Å²) < 4.78 is 38.1. The van der Waals surface area contributed by atoms with E-state index in [2.05, 4.69) is 10.3 Å². The highest BCUT2D eigenvalue weighted by Gasteiger charge is 2.36. The quantitative estimate of drug-likeness (QED) is 0.866. The number of nitrogens with zero attached hydrogens (tertiary/aromatic N) is 3. The first kappa shape index (κ1) is 18.2. The fourth-order valence-electron chi connectivity index (χ4n) is 2.65. The van der Waals surface area contributed by atoms with Gasteiger partial charge in [-0.1, -0.05) is 0 Å². The van der Waals surface area contributed by atoms with Gasteiger partial charge in [0, 0.05) is 26.7 Å². The predicted molar refractivity (Wildman–Crippen MR) is 80.4 cm³/mol. The van der Waals surface area contributed by atoms with Crippen LogP contribution in [0.25, 0.3) is 0 Å². The molecule has 1 atom stereocenters. The van der Waals surface area contributed by atoms with E-state index in [9.17, 15) is 22.8 Å². The summed E-state index contributed by atoms with van der Waals surface area (Å²) in [5.74, 6) is -0.803. The van der Waals surface area contributed by atoms with Crippen molar-refractivity contribution in [2.45, 2.75) is 19.1 Å². The number of hydrogen-bond acceptors (Lipinski definition) is 4. The highest BCUT2D eigenvalue weighted by atomic mass is 19.4. The zero-order chi connectivity index (χ0) is 18.1. The Morgan fingerprint density at radius 2 is 1.96 bits per heavy atom. The number of aryl methyl sites for hydroxylation is 1. The van der Waals surface area contributed by atoms with Gasteiger partial charge in [-0.05, 0) is 26.1 Å². The number of likely N-dealkylation sites (N-methyl/N-ethyl adjacent to an activating group) is 2. The van der Waals surface area contributed by atoms with Gasteiger partial charge in [0.1, 0.15) is 11.7 Å². The van der Waals surface area contributed by atoms with E-state index in [0.29, 0.717) is 19.6 Å². The fraction of sp³-hybridized carbons (Fsp3) is 0.533. The molecule has 9 heteroatoms. The lowest BCUT2D eigenvalue weighted by Crippen LogP contribution is -2.59. The van der Waals surface area contributed by atoms with E-state index in [1.807, 2.05) is 11.9 Å². The van der Waals surface area contributed by atoms with Crippen LogP contribution in [0, 0.1) is 6.92 Å². The molecule has 0 spiro atoms. The van der Waals surface area contributed by atoms with E-state index in [0.717, 1.165) is 12.1 Å². The molecule has 1 aromatic heterocycles. The van der Waals surface area contributed by atoms with Crippen LogP contribution in [0.1, 0.15) is 21.7 Å². The molecular weight excluding hydrogens is 325 g/mol. The van der Waals surface area contributed by atoms with E-state index in [-0.39, 0.29) is 17.2 Å². The van der Waals surface area contributed by atoms with Gasteiger partial charge in [-0.25, -0.2) is 4.98 Å². The maximum atomic E-state index is 12.7. The molecule has 1 fully saturated rings. The number of carbonyl (C=O) groups excluding carboxylic acids is 2. The van der Waals surface area contributed by atoms with Crippen molar-refractivity contribution in [3.63, 3.8) is 0 Å². The number of halogens is 3. The molecule has 1 aromatic rings. The Hall–Kier alpha value is -2.16. The van der Waals surface area contributed by atoms with Gasteiger partial charge in [-0.3, -0.25) is 9.59 Å². The molecular formula is C15H19F3N4O2. The average molecular weight is 344 g/mol. The van der Waals surface area contributed by atoms with Crippen molar-refractivity contribution in [2.24, 2.45) is 0 Å². The molecule has 0 aliphatic carbocycles. The summed E-state index contributed by atoms with van der Waals surface area (Å²) in [4.78, 5) is 31.5. The van der Waals surface area contributed by atoms with Gasteiger partial charge in [-0.2, -0.15) is 13.2 Å². The third-order valence-corrected chi connectivity index (χ3v) is 4.00. The molecule has 0 bridgehead atoms. The van der Waals surface area contributed by atoms with Crippen LogP contribution < -0.4 is 5.32 Å². The summed E-state index contributed by atoms with van der Waals surface area (Å²) >= 11 is 0. The molecule has 6 nitrogen and oxygen atoms in total. The second-order valence-corrected chi connectivity index (χ2v) is 5.72. The number of carbonyl (C=O) groups is 2. The summed E-state index contributed by atoms with van der Waals surface area (Å²) in [6.45, 7) is 2.60. The van der Waals surface area contributed by atoms with E-state index in [4.69, 9.17) is 0 Å². The maximum absolute atomic E-state index is 12.7. The van der Waals surface area contributed by atoms with Crippen LogP contribution in [0.2, 0.25) is 0 Å². The number of hydrogen-bond donors (Lipinski definition) is 1. The minimum absolute atomic E-state index is 0.00981. The Kier molecular flexibility index (Phi) is 5.12. The molecule has 1 aliphatic heterocycles. The second-order valence-electron chi connectivity index (χ2n) is 5.72. The van der Waals surface area contributed by atoms with Crippen molar-refractivity contribution in [1.82, 2.24) is 20.1 Å². The Bertz CT molecular complexity index is 648. The number of amides is 2.